The highest BCUT2D eigenvalue weighted by Gasteiger charge is 2.24. The van der Waals surface area contributed by atoms with Gasteiger partial charge in [-0.25, -0.2) is 0 Å². The summed E-state index contributed by atoms with van der Waals surface area (Å²) in [6.45, 7) is 0. The lowest BCUT2D eigenvalue weighted by atomic mass is 9.96. The molecule has 10 rings (SSSR count). The number of aromatic nitrogens is 3. The van der Waals surface area contributed by atoms with Crippen molar-refractivity contribution >= 4 is 76.2 Å². The molecule has 1 N–H and O–H groups in total. The summed E-state index contributed by atoms with van der Waals surface area (Å²) < 4.78 is 4.89. The molecule has 0 radical (unpaired) electrons. The van der Waals surface area contributed by atoms with Gasteiger partial charge in [-0.05, 0) is 59.3 Å². The summed E-state index contributed by atoms with van der Waals surface area (Å²) >= 11 is 0. The molecular formula is C38H23N3. The molecule has 0 aliphatic carbocycles. The topological polar surface area (TPSA) is 25.6 Å². The second-order valence-electron chi connectivity index (χ2n) is 11.0. The molecule has 190 valence electrons. The highest BCUT2D eigenvalue weighted by atomic mass is 15.0. The normalized spacial score (nSPS) is 12.4. The molecule has 0 saturated heterocycles. The van der Waals surface area contributed by atoms with Crippen LogP contribution in [-0.4, -0.2) is 14.1 Å². The van der Waals surface area contributed by atoms with Crippen molar-refractivity contribution in [1.29, 1.82) is 0 Å². The summed E-state index contributed by atoms with van der Waals surface area (Å²) in [5.74, 6) is 0. The summed E-state index contributed by atoms with van der Waals surface area (Å²) in [4.78, 5) is 3.72. The Labute approximate surface area is 234 Å². The third-order valence-electron chi connectivity index (χ3n) is 8.97. The number of benzene rings is 7. The molecule has 0 unspecified atom stereocenters. The summed E-state index contributed by atoms with van der Waals surface area (Å²) in [5.41, 5.74) is 9.61. The molecule has 0 atom stereocenters. The lowest BCUT2D eigenvalue weighted by Crippen LogP contribution is -1.95. The van der Waals surface area contributed by atoms with E-state index in [1.807, 2.05) is 0 Å². The molecule has 0 aliphatic heterocycles. The molecule has 10 aromatic rings. The minimum Gasteiger partial charge on any atom is -0.354 e. The zero-order valence-corrected chi connectivity index (χ0v) is 22.1. The highest BCUT2D eigenvalue weighted by Crippen LogP contribution is 2.47. The second kappa shape index (κ2) is 7.56. The number of nitrogens with zero attached hydrogens (tertiary/aromatic N) is 2. The fourth-order valence-corrected chi connectivity index (χ4v) is 7.40. The Balaban J connectivity index is 1.51. The first-order valence-electron chi connectivity index (χ1n) is 14.1. The smallest absolute Gasteiger partial charge is 0.0568 e. The van der Waals surface area contributed by atoms with Crippen LogP contribution in [0.1, 0.15) is 0 Å². The van der Waals surface area contributed by atoms with Gasteiger partial charge < -0.3 is 14.1 Å². The van der Waals surface area contributed by atoms with Gasteiger partial charge in [0, 0.05) is 54.7 Å². The van der Waals surface area contributed by atoms with Crippen LogP contribution in [0.2, 0.25) is 0 Å². The Morgan fingerprint density at radius 1 is 0.341 bits per heavy atom. The first-order valence-corrected chi connectivity index (χ1v) is 14.1. The zero-order chi connectivity index (χ0) is 26.7. The first-order chi connectivity index (χ1) is 20.4. The van der Waals surface area contributed by atoms with E-state index in [1.165, 1.54) is 87.6 Å². The molecule has 0 bridgehead atoms. The number of H-pyrrole nitrogens is 1. The average Bonchev–Trinajstić information content (AvgIpc) is 3.68. The van der Waals surface area contributed by atoms with Gasteiger partial charge in [-0.15, -0.1) is 0 Å². The third kappa shape index (κ3) is 2.63. The molecule has 3 heterocycles. The SMILES string of the molecule is c1ccc(-n2c3ccccc3c3c4ccc5c6c(cc7c5c4c(cc32)n7-c2ccccc2)[nH]c2ccccc26)cc1. The number of aromatic amines is 1. The largest absolute Gasteiger partial charge is 0.354 e. The average molecular weight is 522 g/mol. The van der Waals surface area contributed by atoms with Crippen LogP contribution in [0.15, 0.2) is 133 Å². The second-order valence-corrected chi connectivity index (χ2v) is 11.0. The number of fused-ring (bicyclic) bond motifs is 8. The lowest BCUT2D eigenvalue weighted by Gasteiger charge is -2.10. The Morgan fingerprint density at radius 3 is 1.61 bits per heavy atom. The van der Waals surface area contributed by atoms with Crippen molar-refractivity contribution in [1.82, 2.24) is 14.1 Å². The van der Waals surface area contributed by atoms with E-state index in [0.29, 0.717) is 0 Å². The van der Waals surface area contributed by atoms with Gasteiger partial charge in [-0.2, -0.15) is 0 Å². The van der Waals surface area contributed by atoms with Gasteiger partial charge in [0.05, 0.1) is 22.1 Å². The third-order valence-corrected chi connectivity index (χ3v) is 8.97. The molecule has 3 nitrogen and oxygen atoms in total. The van der Waals surface area contributed by atoms with E-state index in [2.05, 4.69) is 148 Å². The van der Waals surface area contributed by atoms with Crippen LogP contribution in [0.3, 0.4) is 0 Å². The van der Waals surface area contributed by atoms with E-state index in [4.69, 9.17) is 0 Å². The standard InChI is InChI=1S/C38H23N3/c1-3-11-23(12-4-1)40-31-18-10-8-16-26(31)36-28-20-19-27-35-25-15-7-9-17-29(25)39-30(35)21-32-37(27)38(28)34(22-33(36)40)41(32)24-13-5-2-6-14-24/h1-22,39H. The minimum absolute atomic E-state index is 1.17. The summed E-state index contributed by atoms with van der Waals surface area (Å²) in [6.07, 6.45) is 0. The van der Waals surface area contributed by atoms with Gasteiger partial charge in [0.15, 0.2) is 0 Å². The van der Waals surface area contributed by atoms with Gasteiger partial charge >= 0.3 is 0 Å². The van der Waals surface area contributed by atoms with Crippen molar-refractivity contribution in [3.63, 3.8) is 0 Å². The Kier molecular flexibility index (Phi) is 3.93. The molecule has 3 aromatic heterocycles. The van der Waals surface area contributed by atoms with E-state index in [9.17, 15) is 0 Å². The van der Waals surface area contributed by atoms with Crippen molar-refractivity contribution in [2.45, 2.75) is 0 Å². The maximum Gasteiger partial charge on any atom is 0.0568 e. The van der Waals surface area contributed by atoms with Crippen LogP contribution in [-0.2, 0) is 0 Å². The fourth-order valence-electron chi connectivity index (χ4n) is 7.40. The maximum absolute atomic E-state index is 3.72. The summed E-state index contributed by atoms with van der Waals surface area (Å²) in [5, 5.41) is 10.4. The monoisotopic (exact) mass is 521 g/mol. The predicted octanol–water partition coefficient (Wildman–Crippen LogP) is 10.1. The minimum atomic E-state index is 1.17. The van der Waals surface area contributed by atoms with E-state index in [1.54, 1.807) is 0 Å². The maximum atomic E-state index is 3.72. The van der Waals surface area contributed by atoms with Crippen LogP contribution in [0.4, 0.5) is 0 Å². The van der Waals surface area contributed by atoms with E-state index in [-0.39, 0.29) is 0 Å². The molecule has 41 heavy (non-hydrogen) atoms. The molecule has 0 spiro atoms. The zero-order valence-electron chi connectivity index (χ0n) is 22.1. The van der Waals surface area contributed by atoms with Crippen molar-refractivity contribution in [2.75, 3.05) is 0 Å². The molecule has 0 saturated carbocycles. The number of hydrogen-bond donors (Lipinski definition) is 1. The number of hydrogen-bond acceptors (Lipinski definition) is 0. The molecule has 3 heteroatoms. The van der Waals surface area contributed by atoms with Crippen LogP contribution >= 0.6 is 0 Å². The predicted molar refractivity (Wildman–Crippen MR) is 173 cm³/mol. The Bertz CT molecular complexity index is 2610. The molecule has 0 amide bonds. The molecular weight excluding hydrogens is 498 g/mol. The Morgan fingerprint density at radius 2 is 0.878 bits per heavy atom. The van der Waals surface area contributed by atoms with Crippen molar-refractivity contribution in [3.8, 4) is 11.4 Å². The van der Waals surface area contributed by atoms with E-state index in [0.717, 1.165) is 0 Å². The highest BCUT2D eigenvalue weighted by molar-refractivity contribution is 6.38. The van der Waals surface area contributed by atoms with E-state index < -0.39 is 0 Å². The van der Waals surface area contributed by atoms with Crippen LogP contribution < -0.4 is 0 Å². The summed E-state index contributed by atoms with van der Waals surface area (Å²) in [6, 6.07) is 48.5. The Hall–Kier alpha value is -5.54. The molecule has 0 aliphatic rings. The number of nitrogens with one attached hydrogen (secondary N) is 1. The quantitative estimate of drug-likeness (QED) is 0.219. The van der Waals surface area contributed by atoms with Gasteiger partial charge in [-0.3, -0.25) is 0 Å². The van der Waals surface area contributed by atoms with Gasteiger partial charge in [0.2, 0.25) is 0 Å². The van der Waals surface area contributed by atoms with Gasteiger partial charge in [0.1, 0.15) is 0 Å². The summed E-state index contributed by atoms with van der Waals surface area (Å²) in [7, 11) is 0. The van der Waals surface area contributed by atoms with Crippen molar-refractivity contribution < 1.29 is 0 Å². The first kappa shape index (κ1) is 21.3. The van der Waals surface area contributed by atoms with Crippen molar-refractivity contribution in [3.05, 3.63) is 133 Å². The van der Waals surface area contributed by atoms with Gasteiger partial charge in [-0.1, -0.05) is 84.9 Å². The lowest BCUT2D eigenvalue weighted by molar-refractivity contribution is 1.17. The number of rotatable bonds is 2. The van der Waals surface area contributed by atoms with Crippen LogP contribution in [0, 0.1) is 0 Å². The van der Waals surface area contributed by atoms with Crippen LogP contribution in [0.25, 0.3) is 87.6 Å². The van der Waals surface area contributed by atoms with Crippen molar-refractivity contribution in [2.24, 2.45) is 0 Å². The van der Waals surface area contributed by atoms with E-state index >= 15 is 0 Å². The van der Waals surface area contributed by atoms with Crippen LogP contribution in [0.5, 0.6) is 0 Å². The number of para-hydroxylation sites is 4. The molecule has 7 aromatic carbocycles. The fraction of sp³-hybridized carbons (Fsp3) is 0. The van der Waals surface area contributed by atoms with Gasteiger partial charge in [0.25, 0.3) is 0 Å². The molecule has 0 fully saturated rings.